The lowest BCUT2D eigenvalue weighted by atomic mass is 10.2. The van der Waals surface area contributed by atoms with Gasteiger partial charge in [0.05, 0.1) is 10.6 Å². The van der Waals surface area contributed by atoms with Gasteiger partial charge in [0.1, 0.15) is 11.6 Å². The normalized spacial score (nSPS) is 11.6. The van der Waals surface area contributed by atoms with Gasteiger partial charge in [-0.3, -0.25) is 4.90 Å². The van der Waals surface area contributed by atoms with Crippen molar-refractivity contribution in [2.24, 2.45) is 0 Å². The summed E-state index contributed by atoms with van der Waals surface area (Å²) in [5.41, 5.74) is 0.857. The van der Waals surface area contributed by atoms with Crippen molar-refractivity contribution in [3.05, 3.63) is 188 Å². The first-order valence-electron chi connectivity index (χ1n) is 15.6. The van der Waals surface area contributed by atoms with Gasteiger partial charge in [0.15, 0.2) is 0 Å². The molecular weight excluding hydrogens is 611 g/mol. The fourth-order valence-corrected chi connectivity index (χ4v) is 11.9. The van der Waals surface area contributed by atoms with Gasteiger partial charge in [0.2, 0.25) is 0 Å². The predicted octanol–water partition coefficient (Wildman–Crippen LogP) is 3.86. The number of rotatable bonds is 9. The zero-order chi connectivity index (χ0) is 32.1. The zero-order valence-corrected chi connectivity index (χ0v) is 27.6. The molecule has 0 saturated heterocycles. The van der Waals surface area contributed by atoms with E-state index in [9.17, 15) is 9.59 Å². The van der Waals surface area contributed by atoms with E-state index in [-0.39, 0.29) is 0 Å². The van der Waals surface area contributed by atoms with Crippen LogP contribution in [-0.4, -0.2) is 36.2 Å². The Bertz CT molecular complexity index is 1860. The summed E-state index contributed by atoms with van der Waals surface area (Å²) in [4.78, 5) is 37.8. The first-order valence-corrected chi connectivity index (χ1v) is 19.4. The van der Waals surface area contributed by atoms with Crippen LogP contribution in [0.4, 0.5) is 17.3 Å². The highest BCUT2D eigenvalue weighted by molar-refractivity contribution is 7.06. The summed E-state index contributed by atoms with van der Waals surface area (Å²) in [5, 5.41) is 4.63. The molecule has 0 bridgehead atoms. The van der Waals surface area contributed by atoms with E-state index < -0.39 is 16.6 Å². The molecule has 228 valence electrons. The largest absolute Gasteiger partial charge is 0.420 e. The van der Waals surface area contributed by atoms with Crippen LogP contribution in [0.15, 0.2) is 188 Å². The van der Waals surface area contributed by atoms with E-state index in [1.54, 1.807) is 0 Å². The van der Waals surface area contributed by atoms with Gasteiger partial charge < -0.3 is 9.59 Å². The van der Waals surface area contributed by atoms with Crippen molar-refractivity contribution in [3.8, 4) is 0 Å². The summed E-state index contributed by atoms with van der Waals surface area (Å²) in [5.74, 6) is 1.22. The Balaban J connectivity index is 1.41. The first kappa shape index (κ1) is 30.2. The number of aromatic nitrogens is 2. The fourth-order valence-electron chi connectivity index (χ4n) is 6.10. The van der Waals surface area contributed by atoms with Gasteiger partial charge in [0, 0.05) is 5.69 Å². The number of anilines is 3. The second-order valence-corrected chi connectivity index (χ2v) is 17.5. The van der Waals surface area contributed by atoms with Crippen molar-refractivity contribution in [2.75, 3.05) is 4.90 Å². The Morgan fingerprint density at radius 2 is 0.638 bits per heavy atom. The quantitative estimate of drug-likeness (QED) is 0.234. The lowest BCUT2D eigenvalue weighted by molar-refractivity contribution is 0.581. The first-order chi connectivity index (χ1) is 23.1. The van der Waals surface area contributed by atoms with Crippen molar-refractivity contribution in [1.29, 1.82) is 0 Å². The maximum atomic E-state index is 12.7. The minimum Gasteiger partial charge on any atom is -0.420 e. The highest BCUT2D eigenvalue weighted by Crippen LogP contribution is 2.31. The van der Waals surface area contributed by atoms with Crippen LogP contribution in [0.1, 0.15) is 0 Å². The Labute approximate surface area is 277 Å². The van der Waals surface area contributed by atoms with Gasteiger partial charge in [0.25, 0.3) is 0 Å². The smallest absolute Gasteiger partial charge is 0.304 e. The van der Waals surface area contributed by atoms with Crippen LogP contribution < -0.4 is 36.3 Å². The van der Waals surface area contributed by atoms with Crippen LogP contribution in [0.2, 0.25) is 0 Å². The van der Waals surface area contributed by atoms with E-state index in [1.807, 2.05) is 193 Å². The van der Waals surface area contributed by atoms with E-state index in [0.29, 0.717) is 22.3 Å². The lowest BCUT2D eigenvalue weighted by Gasteiger charge is -2.30. The monoisotopic (exact) mass is 643 g/mol. The average molecular weight is 644 g/mol. The second-order valence-electron chi connectivity index (χ2n) is 11.3. The highest BCUT2D eigenvalue weighted by Gasteiger charge is 2.41. The molecule has 0 aliphatic heterocycles. The standard InChI is InChI=1S/C40H33N3O2Si2/c44-46(33-20-8-2-9-21-33,34-22-10-3-11-23-34)39-30-16-28-37(41-39)43(32-18-6-1-7-19-32)38-29-17-31-40(42-38)47(45,35-24-12-4-13-25-35)36-26-14-5-15-27-36/h1-31,44-45H. The van der Waals surface area contributed by atoms with Gasteiger partial charge in [-0.25, -0.2) is 9.97 Å². The SMILES string of the molecule is O[Si](c1ccccc1)(c1ccccc1)c1cccc(N(c2ccccc2)c2cccc([Si](O)(c3ccccc3)c3ccccc3)n2)n1. The van der Waals surface area contributed by atoms with E-state index in [1.165, 1.54) is 0 Å². The number of nitrogens with zero attached hydrogens (tertiary/aromatic N) is 3. The third-order valence-corrected chi connectivity index (χ3v) is 15.2. The second kappa shape index (κ2) is 13.1. The minimum absolute atomic E-state index is 0.612. The van der Waals surface area contributed by atoms with E-state index in [2.05, 4.69) is 0 Å². The molecule has 0 amide bonds. The average Bonchev–Trinajstić information content (AvgIpc) is 3.16. The highest BCUT2D eigenvalue weighted by atomic mass is 28.4. The van der Waals surface area contributed by atoms with E-state index in [0.717, 1.165) is 26.4 Å². The number of pyridine rings is 2. The van der Waals surface area contributed by atoms with Crippen LogP contribution in [-0.2, 0) is 0 Å². The van der Waals surface area contributed by atoms with Crippen molar-refractivity contribution in [3.63, 3.8) is 0 Å². The molecule has 7 aromatic rings. The summed E-state index contributed by atoms with van der Waals surface area (Å²) < 4.78 is 0. The van der Waals surface area contributed by atoms with Crippen molar-refractivity contribution < 1.29 is 9.59 Å². The maximum absolute atomic E-state index is 12.7. The Kier molecular flexibility index (Phi) is 8.43. The fraction of sp³-hybridized carbons (Fsp3) is 0. The third kappa shape index (κ3) is 5.73. The number of benzene rings is 5. The van der Waals surface area contributed by atoms with Gasteiger partial charge in [-0.15, -0.1) is 0 Å². The molecular formula is C40H33N3O2Si2. The summed E-state index contributed by atoms with van der Waals surface area (Å²) >= 11 is 0. The molecule has 0 radical (unpaired) electrons. The molecule has 0 aliphatic carbocycles. The maximum Gasteiger partial charge on any atom is 0.304 e. The van der Waals surface area contributed by atoms with Gasteiger partial charge in [-0.05, 0) is 57.1 Å². The molecule has 2 aromatic heterocycles. The number of hydrogen-bond donors (Lipinski definition) is 2. The van der Waals surface area contributed by atoms with Crippen LogP contribution in [0.5, 0.6) is 0 Å². The molecule has 0 atom stereocenters. The van der Waals surface area contributed by atoms with Gasteiger partial charge in [-0.2, -0.15) is 0 Å². The third-order valence-electron chi connectivity index (χ3n) is 8.45. The molecule has 5 aromatic carbocycles. The lowest BCUT2D eigenvalue weighted by Crippen LogP contribution is -2.68. The van der Waals surface area contributed by atoms with E-state index >= 15 is 0 Å². The summed E-state index contributed by atoms with van der Waals surface area (Å²) in [7, 11) is -6.95. The Morgan fingerprint density at radius 3 is 0.957 bits per heavy atom. The molecule has 7 heteroatoms. The zero-order valence-electron chi connectivity index (χ0n) is 25.6. The van der Waals surface area contributed by atoms with Gasteiger partial charge >= 0.3 is 16.6 Å². The molecule has 7 rings (SSSR count). The summed E-state index contributed by atoms with van der Waals surface area (Å²) in [6, 6.07) is 60.8. The van der Waals surface area contributed by atoms with Crippen molar-refractivity contribution >= 4 is 65.3 Å². The van der Waals surface area contributed by atoms with Crippen LogP contribution in [0.25, 0.3) is 0 Å². The molecule has 0 unspecified atom stereocenters. The van der Waals surface area contributed by atoms with Crippen LogP contribution >= 0.6 is 0 Å². The molecule has 0 fully saturated rings. The number of para-hydroxylation sites is 1. The number of hydrogen-bond acceptors (Lipinski definition) is 5. The molecule has 0 spiro atoms. The van der Waals surface area contributed by atoms with Crippen LogP contribution in [0, 0.1) is 0 Å². The molecule has 5 nitrogen and oxygen atoms in total. The molecule has 2 N–H and O–H groups in total. The molecule has 2 heterocycles. The van der Waals surface area contributed by atoms with Gasteiger partial charge in [-0.1, -0.05) is 152 Å². The topological polar surface area (TPSA) is 69.5 Å². The van der Waals surface area contributed by atoms with Crippen molar-refractivity contribution in [2.45, 2.75) is 0 Å². The summed E-state index contributed by atoms with van der Waals surface area (Å²) in [6.07, 6.45) is 0. The Morgan fingerprint density at radius 1 is 0.340 bits per heavy atom. The summed E-state index contributed by atoms with van der Waals surface area (Å²) in [6.45, 7) is 0. The molecule has 0 aliphatic rings. The van der Waals surface area contributed by atoms with Crippen molar-refractivity contribution in [1.82, 2.24) is 9.97 Å². The molecule has 0 saturated carbocycles. The minimum atomic E-state index is -3.48. The Hall–Kier alpha value is -5.45. The predicted molar refractivity (Wildman–Crippen MR) is 196 cm³/mol. The molecule has 47 heavy (non-hydrogen) atoms. The van der Waals surface area contributed by atoms with E-state index in [4.69, 9.17) is 9.97 Å². The van der Waals surface area contributed by atoms with Crippen LogP contribution in [0.3, 0.4) is 0 Å².